The van der Waals surface area contributed by atoms with Crippen molar-refractivity contribution in [2.24, 2.45) is 7.05 Å². The van der Waals surface area contributed by atoms with Crippen molar-refractivity contribution in [3.8, 4) is 0 Å². The first kappa shape index (κ1) is 13.3. The lowest BCUT2D eigenvalue weighted by atomic mass is 10.00. The fourth-order valence-electron chi connectivity index (χ4n) is 2.25. The van der Waals surface area contributed by atoms with Crippen molar-refractivity contribution < 1.29 is 5.11 Å². The second kappa shape index (κ2) is 5.24. The predicted octanol–water partition coefficient (Wildman–Crippen LogP) is 3.08. The summed E-state index contributed by atoms with van der Waals surface area (Å²) in [6.45, 7) is 3.92. The average Bonchev–Trinajstić information content (AvgIpc) is 2.56. The smallest absolute Gasteiger partial charge is 0.0866 e. The van der Waals surface area contributed by atoms with Crippen molar-refractivity contribution in [3.63, 3.8) is 0 Å². The van der Waals surface area contributed by atoms with Gasteiger partial charge in [-0.2, -0.15) is 5.10 Å². The zero-order valence-corrected chi connectivity index (χ0v) is 12.4. The average molecular weight is 309 g/mol. The zero-order valence-electron chi connectivity index (χ0n) is 10.8. The molecule has 1 aromatic heterocycles. The van der Waals surface area contributed by atoms with Crippen LogP contribution in [-0.4, -0.2) is 14.9 Å². The minimum Gasteiger partial charge on any atom is -0.388 e. The Kier molecular flexibility index (Phi) is 3.88. The molecule has 1 atom stereocenters. The molecule has 96 valence electrons. The van der Waals surface area contributed by atoms with E-state index in [4.69, 9.17) is 0 Å². The quantitative estimate of drug-likeness (QED) is 0.946. The summed E-state index contributed by atoms with van der Waals surface area (Å²) < 4.78 is 2.84. The van der Waals surface area contributed by atoms with Crippen molar-refractivity contribution in [3.05, 3.63) is 51.3 Å². The normalized spacial score (nSPS) is 12.7. The van der Waals surface area contributed by atoms with Gasteiger partial charge in [0.1, 0.15) is 0 Å². The van der Waals surface area contributed by atoms with E-state index < -0.39 is 6.10 Å². The molecule has 4 heteroatoms. The maximum absolute atomic E-state index is 10.4. The van der Waals surface area contributed by atoms with Gasteiger partial charge in [-0.3, -0.25) is 4.68 Å². The van der Waals surface area contributed by atoms with E-state index in [2.05, 4.69) is 21.0 Å². The third-order valence-electron chi connectivity index (χ3n) is 3.27. The summed E-state index contributed by atoms with van der Waals surface area (Å²) in [4.78, 5) is 0. The number of rotatable bonds is 3. The number of aryl methyl sites for hydroxylation is 2. The molecule has 0 fully saturated rings. The Morgan fingerprint density at radius 2 is 2.00 bits per heavy atom. The molecule has 3 nitrogen and oxygen atoms in total. The van der Waals surface area contributed by atoms with Crippen molar-refractivity contribution in [1.29, 1.82) is 0 Å². The van der Waals surface area contributed by atoms with Gasteiger partial charge >= 0.3 is 0 Å². The van der Waals surface area contributed by atoms with Crippen LogP contribution in [-0.2, 0) is 13.5 Å². The molecule has 1 N–H and O–H groups in total. The van der Waals surface area contributed by atoms with Crippen LogP contribution in [0.2, 0.25) is 0 Å². The van der Waals surface area contributed by atoms with E-state index in [1.807, 2.05) is 49.8 Å². The molecule has 1 unspecified atom stereocenters. The van der Waals surface area contributed by atoms with Crippen LogP contribution in [0.1, 0.15) is 28.6 Å². The second-order valence-electron chi connectivity index (χ2n) is 4.52. The highest BCUT2D eigenvalue weighted by Gasteiger charge is 2.18. The fraction of sp³-hybridized carbons (Fsp3) is 0.357. The molecule has 0 spiro atoms. The highest BCUT2D eigenvalue weighted by Crippen LogP contribution is 2.27. The van der Waals surface area contributed by atoms with Gasteiger partial charge in [-0.05, 0) is 25.5 Å². The van der Waals surface area contributed by atoms with Crippen LogP contribution in [0.15, 0.2) is 28.7 Å². The molecular weight excluding hydrogens is 292 g/mol. The van der Waals surface area contributed by atoms with Crippen LogP contribution in [0.5, 0.6) is 0 Å². The first-order valence-electron chi connectivity index (χ1n) is 5.92. The summed E-state index contributed by atoms with van der Waals surface area (Å²) >= 11 is 3.51. The molecule has 18 heavy (non-hydrogen) atoms. The number of benzene rings is 1. The van der Waals surface area contributed by atoms with Crippen LogP contribution in [0.25, 0.3) is 0 Å². The highest BCUT2D eigenvalue weighted by molar-refractivity contribution is 9.10. The Balaban J connectivity index is 2.28. The topological polar surface area (TPSA) is 38.0 Å². The highest BCUT2D eigenvalue weighted by atomic mass is 79.9. The molecule has 2 rings (SSSR count). The number of aromatic nitrogens is 2. The minimum atomic E-state index is -0.516. The summed E-state index contributed by atoms with van der Waals surface area (Å²) in [5.74, 6) is 0. The molecule has 0 aliphatic carbocycles. The van der Waals surface area contributed by atoms with Gasteiger partial charge < -0.3 is 5.11 Å². The minimum absolute atomic E-state index is 0.516. The zero-order chi connectivity index (χ0) is 13.3. The van der Waals surface area contributed by atoms with Gasteiger partial charge in [-0.25, -0.2) is 0 Å². The van der Waals surface area contributed by atoms with Crippen molar-refractivity contribution in [2.45, 2.75) is 26.4 Å². The monoisotopic (exact) mass is 308 g/mol. The van der Waals surface area contributed by atoms with Gasteiger partial charge in [0, 0.05) is 29.2 Å². The van der Waals surface area contributed by atoms with Gasteiger partial charge in [-0.15, -0.1) is 0 Å². The van der Waals surface area contributed by atoms with E-state index in [1.165, 1.54) is 0 Å². The molecule has 0 amide bonds. The van der Waals surface area contributed by atoms with E-state index in [-0.39, 0.29) is 0 Å². The summed E-state index contributed by atoms with van der Waals surface area (Å²) in [7, 11) is 1.90. The lowest BCUT2D eigenvalue weighted by Gasteiger charge is -2.12. The number of hydrogen-bond donors (Lipinski definition) is 1. The SMILES string of the molecule is Cc1nn(C)c(C)c1C(O)Cc1ccccc1Br. The molecule has 0 radical (unpaired) electrons. The molecule has 2 aromatic rings. The largest absolute Gasteiger partial charge is 0.388 e. The summed E-state index contributed by atoms with van der Waals surface area (Å²) in [5, 5.41) is 14.7. The first-order chi connectivity index (χ1) is 8.50. The maximum Gasteiger partial charge on any atom is 0.0866 e. The van der Waals surface area contributed by atoms with Gasteiger partial charge in [0.25, 0.3) is 0 Å². The number of nitrogens with zero attached hydrogens (tertiary/aromatic N) is 2. The van der Waals surface area contributed by atoms with Gasteiger partial charge in [-0.1, -0.05) is 34.1 Å². The third-order valence-corrected chi connectivity index (χ3v) is 4.04. The van der Waals surface area contributed by atoms with Crippen LogP contribution in [0.3, 0.4) is 0 Å². The number of halogens is 1. The first-order valence-corrected chi connectivity index (χ1v) is 6.71. The van der Waals surface area contributed by atoms with E-state index in [1.54, 1.807) is 0 Å². The molecule has 1 heterocycles. The van der Waals surface area contributed by atoms with Crippen molar-refractivity contribution in [1.82, 2.24) is 9.78 Å². The third kappa shape index (κ3) is 2.49. The lowest BCUT2D eigenvalue weighted by molar-refractivity contribution is 0.176. The van der Waals surface area contributed by atoms with Gasteiger partial charge in [0.05, 0.1) is 11.8 Å². The van der Waals surface area contributed by atoms with Crippen LogP contribution in [0, 0.1) is 13.8 Å². The predicted molar refractivity (Wildman–Crippen MR) is 75.5 cm³/mol. The Bertz CT molecular complexity index is 563. The summed E-state index contributed by atoms with van der Waals surface area (Å²) in [6.07, 6.45) is 0.0758. The second-order valence-corrected chi connectivity index (χ2v) is 5.37. The number of aliphatic hydroxyl groups is 1. The molecule has 0 saturated carbocycles. The summed E-state index contributed by atoms with van der Waals surface area (Å²) in [5.41, 5.74) is 3.96. The molecule has 0 aliphatic rings. The van der Waals surface area contributed by atoms with Crippen LogP contribution < -0.4 is 0 Å². The van der Waals surface area contributed by atoms with E-state index >= 15 is 0 Å². The number of aliphatic hydroxyl groups excluding tert-OH is 1. The molecule has 0 saturated heterocycles. The van der Waals surface area contributed by atoms with Crippen LogP contribution >= 0.6 is 15.9 Å². The molecule has 0 aliphatic heterocycles. The Labute approximate surface area is 116 Å². The van der Waals surface area contributed by atoms with Crippen LogP contribution in [0.4, 0.5) is 0 Å². The van der Waals surface area contributed by atoms with Crippen molar-refractivity contribution >= 4 is 15.9 Å². The maximum atomic E-state index is 10.4. The fourth-order valence-corrected chi connectivity index (χ4v) is 2.69. The van der Waals surface area contributed by atoms with Gasteiger partial charge in [0.15, 0.2) is 0 Å². The van der Waals surface area contributed by atoms with Crippen molar-refractivity contribution in [2.75, 3.05) is 0 Å². The number of hydrogen-bond acceptors (Lipinski definition) is 2. The van der Waals surface area contributed by atoms with E-state index in [9.17, 15) is 5.11 Å². The molecular formula is C14H17BrN2O. The lowest BCUT2D eigenvalue weighted by Crippen LogP contribution is -2.05. The molecule has 1 aromatic carbocycles. The van der Waals surface area contributed by atoms with E-state index in [0.29, 0.717) is 6.42 Å². The molecule has 0 bridgehead atoms. The standard InChI is InChI=1S/C14H17BrN2O/c1-9-14(10(2)17(3)16-9)13(18)8-11-6-4-5-7-12(11)15/h4-7,13,18H,8H2,1-3H3. The Hall–Kier alpha value is -1.13. The summed E-state index contributed by atoms with van der Waals surface area (Å²) in [6, 6.07) is 7.97. The van der Waals surface area contributed by atoms with E-state index in [0.717, 1.165) is 27.0 Å². The van der Waals surface area contributed by atoms with Gasteiger partial charge in [0.2, 0.25) is 0 Å². The Morgan fingerprint density at radius 3 is 2.56 bits per heavy atom. The Morgan fingerprint density at radius 1 is 1.33 bits per heavy atom.